The molecule has 1 aliphatic carbocycles. The van der Waals surface area contributed by atoms with Crippen molar-refractivity contribution in [2.24, 2.45) is 11.8 Å². The Morgan fingerprint density at radius 2 is 1.78 bits per heavy atom. The van der Waals surface area contributed by atoms with E-state index in [2.05, 4.69) is 54.5 Å². The highest BCUT2D eigenvalue weighted by Crippen LogP contribution is 2.39. The van der Waals surface area contributed by atoms with Gasteiger partial charge in [-0.3, -0.25) is 4.72 Å². The van der Waals surface area contributed by atoms with E-state index in [1.807, 2.05) is 11.9 Å². The second-order valence-electron chi connectivity index (χ2n) is 8.22. The first-order valence-electron chi connectivity index (χ1n) is 10.2. The molecule has 6 heteroatoms. The number of rotatable bonds is 10. The summed E-state index contributed by atoms with van der Waals surface area (Å²) >= 11 is 1.83. The van der Waals surface area contributed by atoms with Gasteiger partial charge in [0, 0.05) is 18.3 Å². The zero-order chi connectivity index (χ0) is 19.9. The lowest BCUT2D eigenvalue weighted by molar-refractivity contribution is 0.247. The number of hydrogen-bond acceptors (Lipinski definition) is 4. The van der Waals surface area contributed by atoms with Gasteiger partial charge in [-0.15, -0.1) is 0 Å². The second kappa shape index (κ2) is 10.8. The highest BCUT2D eigenvalue weighted by atomic mass is 32.2. The van der Waals surface area contributed by atoms with E-state index in [1.54, 1.807) is 0 Å². The lowest BCUT2D eigenvalue weighted by Gasteiger charge is -2.33. The van der Waals surface area contributed by atoms with Crippen molar-refractivity contribution in [2.75, 3.05) is 19.3 Å². The number of hydrogen-bond donors (Lipinski definition) is 2. The Bertz CT molecular complexity index is 669. The first-order chi connectivity index (χ1) is 12.8. The van der Waals surface area contributed by atoms with Crippen LogP contribution in [0.25, 0.3) is 0 Å². The van der Waals surface area contributed by atoms with Gasteiger partial charge in [0.1, 0.15) is 0 Å². The standard InChI is InChI=1S/C21H36N2O2S2/c1-16(2)26-22-15-17(3)18-9-11-20(12-10-18)21-8-6-5-7-19(21)13-14-23-27(4,24)25/h5-8,16-18,20,22-23H,9-15H2,1-4H3. The van der Waals surface area contributed by atoms with E-state index >= 15 is 0 Å². The molecule has 0 aliphatic heterocycles. The van der Waals surface area contributed by atoms with E-state index in [0.717, 1.165) is 18.9 Å². The third-order valence-electron chi connectivity index (χ3n) is 5.55. The molecule has 1 fully saturated rings. The van der Waals surface area contributed by atoms with Crippen molar-refractivity contribution in [2.45, 2.75) is 64.0 Å². The fraction of sp³-hybridized carbons (Fsp3) is 0.714. The maximum atomic E-state index is 11.3. The first-order valence-corrected chi connectivity index (χ1v) is 12.9. The van der Waals surface area contributed by atoms with Crippen molar-refractivity contribution in [3.8, 4) is 0 Å². The van der Waals surface area contributed by atoms with Crippen molar-refractivity contribution in [3.05, 3.63) is 35.4 Å². The Morgan fingerprint density at radius 3 is 2.41 bits per heavy atom. The average Bonchev–Trinajstić information content (AvgIpc) is 2.61. The molecule has 0 spiro atoms. The van der Waals surface area contributed by atoms with Gasteiger partial charge in [0.2, 0.25) is 10.0 Å². The predicted octanol–water partition coefficient (Wildman–Crippen LogP) is 4.33. The number of benzene rings is 1. The van der Waals surface area contributed by atoms with Crippen LogP contribution < -0.4 is 9.44 Å². The molecular formula is C21H36N2O2S2. The van der Waals surface area contributed by atoms with E-state index in [0.29, 0.717) is 23.6 Å². The van der Waals surface area contributed by atoms with Crippen LogP contribution in [-0.2, 0) is 16.4 Å². The Labute approximate surface area is 170 Å². The minimum absolute atomic E-state index is 0.474. The highest BCUT2D eigenvalue weighted by Gasteiger charge is 2.27. The average molecular weight is 413 g/mol. The molecule has 0 heterocycles. The highest BCUT2D eigenvalue weighted by molar-refractivity contribution is 7.97. The molecule has 1 aromatic rings. The largest absolute Gasteiger partial charge is 0.264 e. The summed E-state index contributed by atoms with van der Waals surface area (Å²) in [6, 6.07) is 8.57. The van der Waals surface area contributed by atoms with Crippen LogP contribution in [0, 0.1) is 11.8 Å². The molecule has 0 bridgehead atoms. The Hall–Kier alpha value is -0.560. The van der Waals surface area contributed by atoms with Crippen LogP contribution in [0.2, 0.25) is 0 Å². The van der Waals surface area contributed by atoms with Crippen LogP contribution in [0.3, 0.4) is 0 Å². The maximum absolute atomic E-state index is 11.3. The van der Waals surface area contributed by atoms with Crippen molar-refractivity contribution >= 4 is 22.0 Å². The number of sulfonamides is 1. The molecule has 2 N–H and O–H groups in total. The second-order valence-corrected chi connectivity index (χ2v) is 11.5. The molecule has 1 unspecified atom stereocenters. The summed E-state index contributed by atoms with van der Waals surface area (Å²) in [6.45, 7) is 8.38. The summed E-state index contributed by atoms with van der Waals surface area (Å²) < 4.78 is 28.7. The lowest BCUT2D eigenvalue weighted by Crippen LogP contribution is -2.27. The quantitative estimate of drug-likeness (QED) is 0.562. The fourth-order valence-corrected chi connectivity index (χ4v) is 5.21. The third kappa shape index (κ3) is 8.14. The summed E-state index contributed by atoms with van der Waals surface area (Å²) in [4.78, 5) is 0. The van der Waals surface area contributed by atoms with Gasteiger partial charge in [-0.25, -0.2) is 13.1 Å². The van der Waals surface area contributed by atoms with Gasteiger partial charge in [-0.2, -0.15) is 0 Å². The molecule has 1 aromatic carbocycles. The Morgan fingerprint density at radius 1 is 1.11 bits per heavy atom. The third-order valence-corrected chi connectivity index (χ3v) is 7.09. The van der Waals surface area contributed by atoms with Crippen LogP contribution in [0.1, 0.15) is 63.5 Å². The molecule has 154 valence electrons. The predicted molar refractivity (Wildman–Crippen MR) is 118 cm³/mol. The van der Waals surface area contributed by atoms with Gasteiger partial charge in [-0.05, 0) is 61.0 Å². The van der Waals surface area contributed by atoms with E-state index < -0.39 is 10.0 Å². The van der Waals surface area contributed by atoms with E-state index in [4.69, 9.17) is 0 Å². The number of nitrogens with one attached hydrogen (secondary N) is 2. The molecule has 1 atom stereocenters. The minimum Gasteiger partial charge on any atom is -0.264 e. The summed E-state index contributed by atoms with van der Waals surface area (Å²) in [7, 11) is -3.12. The van der Waals surface area contributed by atoms with Crippen molar-refractivity contribution in [1.29, 1.82) is 0 Å². The van der Waals surface area contributed by atoms with E-state index in [-0.39, 0.29) is 0 Å². The van der Waals surface area contributed by atoms with Crippen LogP contribution >= 0.6 is 11.9 Å². The lowest BCUT2D eigenvalue weighted by atomic mass is 9.73. The summed E-state index contributed by atoms with van der Waals surface area (Å²) in [5.41, 5.74) is 2.72. The molecule has 0 amide bonds. The normalized spacial score (nSPS) is 22.1. The van der Waals surface area contributed by atoms with Gasteiger partial charge in [0.05, 0.1) is 6.26 Å². The Balaban J connectivity index is 1.86. The summed E-state index contributed by atoms with van der Waals surface area (Å²) in [6.07, 6.45) is 7.03. The van der Waals surface area contributed by atoms with Crippen LogP contribution in [0.5, 0.6) is 0 Å². The molecule has 2 rings (SSSR count). The zero-order valence-electron chi connectivity index (χ0n) is 17.2. The topological polar surface area (TPSA) is 58.2 Å². The summed E-state index contributed by atoms with van der Waals surface area (Å²) in [5, 5.41) is 0.627. The first kappa shape index (κ1) is 22.7. The van der Waals surface area contributed by atoms with Gasteiger partial charge in [-0.1, -0.05) is 57.0 Å². The van der Waals surface area contributed by atoms with Crippen LogP contribution in [0.4, 0.5) is 0 Å². The molecule has 0 saturated heterocycles. The maximum Gasteiger partial charge on any atom is 0.208 e. The van der Waals surface area contributed by atoms with Gasteiger partial charge in [0.15, 0.2) is 0 Å². The van der Waals surface area contributed by atoms with Crippen LogP contribution in [-0.4, -0.2) is 33.0 Å². The molecule has 27 heavy (non-hydrogen) atoms. The molecule has 4 nitrogen and oxygen atoms in total. The van der Waals surface area contributed by atoms with Gasteiger partial charge >= 0.3 is 0 Å². The molecule has 0 radical (unpaired) electrons. The van der Waals surface area contributed by atoms with E-state index in [9.17, 15) is 8.42 Å². The fourth-order valence-electron chi connectivity index (χ4n) is 4.04. The van der Waals surface area contributed by atoms with Crippen LogP contribution in [0.15, 0.2) is 24.3 Å². The molecule has 0 aromatic heterocycles. The van der Waals surface area contributed by atoms with Gasteiger partial charge < -0.3 is 0 Å². The molecular weight excluding hydrogens is 376 g/mol. The summed E-state index contributed by atoms with van der Waals surface area (Å²) in [5.74, 6) is 2.13. The van der Waals surface area contributed by atoms with Crippen molar-refractivity contribution < 1.29 is 8.42 Å². The van der Waals surface area contributed by atoms with Crippen molar-refractivity contribution in [3.63, 3.8) is 0 Å². The molecule has 1 saturated carbocycles. The molecule has 1 aliphatic rings. The van der Waals surface area contributed by atoms with Crippen molar-refractivity contribution in [1.82, 2.24) is 9.44 Å². The smallest absolute Gasteiger partial charge is 0.208 e. The van der Waals surface area contributed by atoms with Gasteiger partial charge in [0.25, 0.3) is 0 Å². The zero-order valence-corrected chi connectivity index (χ0v) is 18.8. The SMILES string of the molecule is CC(C)SNCC(C)C1CCC(c2ccccc2CCNS(C)(=O)=O)CC1. The van der Waals surface area contributed by atoms with E-state index in [1.165, 1.54) is 43.1 Å². The Kier molecular flexibility index (Phi) is 9.12. The minimum atomic E-state index is -3.12. The monoisotopic (exact) mass is 412 g/mol.